The SMILES string of the molecule is CCC(N)[C@H]1CCC(C)O1.Cc1ccc(S(=O)(=O)O)cc1. The summed E-state index contributed by atoms with van der Waals surface area (Å²) in [6.07, 6.45) is 4.12. The third kappa shape index (κ3) is 6.13. The number of rotatable bonds is 3. The molecule has 1 aliphatic heterocycles. The first-order valence-corrected chi connectivity index (χ1v) is 8.63. The van der Waals surface area contributed by atoms with Crippen LogP contribution in [0.1, 0.15) is 38.7 Å². The molecule has 0 saturated carbocycles. The van der Waals surface area contributed by atoms with Gasteiger partial charge in [0.05, 0.1) is 17.1 Å². The van der Waals surface area contributed by atoms with Crippen LogP contribution in [0.25, 0.3) is 0 Å². The van der Waals surface area contributed by atoms with Crippen molar-refractivity contribution in [2.24, 2.45) is 5.73 Å². The lowest BCUT2D eigenvalue weighted by atomic mass is 10.1. The van der Waals surface area contributed by atoms with E-state index in [9.17, 15) is 8.42 Å². The molecule has 2 unspecified atom stereocenters. The molecule has 3 atom stereocenters. The Balaban J connectivity index is 0.000000211. The predicted octanol–water partition coefficient (Wildman–Crippen LogP) is 2.53. The molecule has 21 heavy (non-hydrogen) atoms. The quantitative estimate of drug-likeness (QED) is 0.837. The van der Waals surface area contributed by atoms with Crippen LogP contribution >= 0.6 is 0 Å². The molecular weight excluding hydrogens is 290 g/mol. The summed E-state index contributed by atoms with van der Waals surface area (Å²) in [4.78, 5) is -0.0666. The van der Waals surface area contributed by atoms with Crippen molar-refractivity contribution >= 4 is 10.1 Å². The van der Waals surface area contributed by atoms with Gasteiger partial charge in [-0.05, 0) is 45.2 Å². The third-order valence-corrected chi connectivity index (χ3v) is 4.40. The van der Waals surface area contributed by atoms with E-state index >= 15 is 0 Å². The van der Waals surface area contributed by atoms with Gasteiger partial charge < -0.3 is 10.5 Å². The number of aryl methyl sites for hydroxylation is 1. The molecule has 3 N–H and O–H groups in total. The van der Waals surface area contributed by atoms with E-state index in [1.165, 1.54) is 18.6 Å². The average molecular weight is 315 g/mol. The summed E-state index contributed by atoms with van der Waals surface area (Å²) >= 11 is 0. The molecule has 1 aromatic carbocycles. The minimum Gasteiger partial charge on any atom is -0.374 e. The van der Waals surface area contributed by atoms with Crippen LogP contribution < -0.4 is 5.73 Å². The maximum absolute atomic E-state index is 10.5. The van der Waals surface area contributed by atoms with Gasteiger partial charge in [-0.15, -0.1) is 0 Å². The van der Waals surface area contributed by atoms with Crippen LogP contribution in [0, 0.1) is 6.92 Å². The molecule has 1 aliphatic rings. The van der Waals surface area contributed by atoms with Gasteiger partial charge in [0.25, 0.3) is 10.1 Å². The summed E-state index contributed by atoms with van der Waals surface area (Å²) in [7, 11) is -4.02. The van der Waals surface area contributed by atoms with Crippen molar-refractivity contribution in [3.8, 4) is 0 Å². The van der Waals surface area contributed by atoms with Crippen molar-refractivity contribution in [3.63, 3.8) is 0 Å². The van der Waals surface area contributed by atoms with Gasteiger partial charge in [0.2, 0.25) is 0 Å². The first kappa shape index (κ1) is 18.1. The molecule has 0 bridgehead atoms. The number of benzene rings is 1. The second-order valence-electron chi connectivity index (χ2n) is 5.42. The molecule has 5 nitrogen and oxygen atoms in total. The molecule has 0 aliphatic carbocycles. The first-order valence-electron chi connectivity index (χ1n) is 7.19. The molecule has 1 aromatic rings. The molecule has 0 amide bonds. The fraction of sp³-hybridized carbons (Fsp3) is 0.600. The molecular formula is C15H25NO4S. The van der Waals surface area contributed by atoms with E-state index in [0.29, 0.717) is 12.2 Å². The highest BCUT2D eigenvalue weighted by Gasteiger charge is 2.25. The summed E-state index contributed by atoms with van der Waals surface area (Å²) in [6, 6.07) is 6.24. The number of ether oxygens (including phenoxy) is 1. The predicted molar refractivity (Wildman–Crippen MR) is 82.8 cm³/mol. The van der Waals surface area contributed by atoms with Crippen LogP contribution in [-0.4, -0.2) is 31.2 Å². The molecule has 2 rings (SSSR count). The van der Waals surface area contributed by atoms with E-state index < -0.39 is 10.1 Å². The van der Waals surface area contributed by atoms with Crippen molar-refractivity contribution in [3.05, 3.63) is 29.8 Å². The molecule has 6 heteroatoms. The highest BCUT2D eigenvalue weighted by atomic mass is 32.2. The Morgan fingerprint density at radius 1 is 1.33 bits per heavy atom. The maximum Gasteiger partial charge on any atom is 0.294 e. The topological polar surface area (TPSA) is 89.6 Å². The second-order valence-corrected chi connectivity index (χ2v) is 6.84. The van der Waals surface area contributed by atoms with Gasteiger partial charge in [-0.25, -0.2) is 0 Å². The van der Waals surface area contributed by atoms with Gasteiger partial charge in [-0.3, -0.25) is 4.55 Å². The standard InChI is InChI=1S/C8H17NO.C7H8O3S/c1-3-7(9)8-5-4-6(2)10-8;1-6-2-4-7(5-3-6)11(8,9)10/h6-8H,3-5,9H2,1-2H3;2-5H,1H3,(H,8,9,10)/t6?,7?,8-;/m1./s1. The zero-order valence-electron chi connectivity index (χ0n) is 12.8. The van der Waals surface area contributed by atoms with Crippen molar-refractivity contribution in [1.29, 1.82) is 0 Å². The molecule has 0 aromatic heterocycles. The Bertz CT molecular complexity index is 527. The van der Waals surface area contributed by atoms with Crippen LogP contribution in [0.3, 0.4) is 0 Å². The van der Waals surface area contributed by atoms with Gasteiger partial charge >= 0.3 is 0 Å². The van der Waals surface area contributed by atoms with Gasteiger partial charge in [0.1, 0.15) is 0 Å². The molecule has 0 spiro atoms. The summed E-state index contributed by atoms with van der Waals surface area (Å²) in [5.41, 5.74) is 6.77. The zero-order valence-corrected chi connectivity index (χ0v) is 13.6. The fourth-order valence-electron chi connectivity index (χ4n) is 2.12. The van der Waals surface area contributed by atoms with Gasteiger partial charge in [0, 0.05) is 6.04 Å². The summed E-state index contributed by atoms with van der Waals surface area (Å²) in [5, 5.41) is 0. The fourth-order valence-corrected chi connectivity index (χ4v) is 2.60. The minimum atomic E-state index is -4.02. The molecule has 1 fully saturated rings. The lowest BCUT2D eigenvalue weighted by Crippen LogP contribution is -2.33. The van der Waals surface area contributed by atoms with Crippen molar-refractivity contribution < 1.29 is 17.7 Å². The van der Waals surface area contributed by atoms with E-state index in [4.69, 9.17) is 15.0 Å². The normalized spacial score (nSPS) is 23.3. The highest BCUT2D eigenvalue weighted by molar-refractivity contribution is 7.85. The Morgan fingerprint density at radius 2 is 1.90 bits per heavy atom. The molecule has 1 heterocycles. The second kappa shape index (κ2) is 7.89. The minimum absolute atomic E-state index is 0.0666. The maximum atomic E-state index is 10.5. The summed E-state index contributed by atoms with van der Waals surface area (Å²) < 4.78 is 35.1. The van der Waals surface area contributed by atoms with E-state index in [0.717, 1.165) is 18.4 Å². The Morgan fingerprint density at radius 3 is 2.29 bits per heavy atom. The van der Waals surface area contributed by atoms with Gasteiger partial charge in [-0.1, -0.05) is 24.6 Å². The lowest BCUT2D eigenvalue weighted by Gasteiger charge is -2.17. The summed E-state index contributed by atoms with van der Waals surface area (Å²) in [5.74, 6) is 0. The van der Waals surface area contributed by atoms with Crippen LogP contribution in [0.4, 0.5) is 0 Å². The Hall–Kier alpha value is -0.950. The monoisotopic (exact) mass is 315 g/mol. The van der Waals surface area contributed by atoms with Crippen molar-refractivity contribution in [2.45, 2.75) is 63.2 Å². The van der Waals surface area contributed by atoms with E-state index in [2.05, 4.69) is 13.8 Å². The van der Waals surface area contributed by atoms with E-state index in [1.807, 2.05) is 6.92 Å². The van der Waals surface area contributed by atoms with E-state index in [-0.39, 0.29) is 10.9 Å². The first-order chi connectivity index (χ1) is 9.74. The summed E-state index contributed by atoms with van der Waals surface area (Å²) in [6.45, 7) is 6.06. The van der Waals surface area contributed by atoms with Crippen LogP contribution in [-0.2, 0) is 14.9 Å². The Kier molecular flexibility index (Phi) is 6.80. The van der Waals surface area contributed by atoms with E-state index in [1.54, 1.807) is 12.1 Å². The number of hydrogen-bond acceptors (Lipinski definition) is 4. The van der Waals surface area contributed by atoms with Gasteiger partial charge in [-0.2, -0.15) is 8.42 Å². The number of nitrogens with two attached hydrogens (primary N) is 1. The lowest BCUT2D eigenvalue weighted by molar-refractivity contribution is 0.0397. The zero-order chi connectivity index (χ0) is 16.0. The number of hydrogen-bond donors (Lipinski definition) is 2. The average Bonchev–Trinajstić information content (AvgIpc) is 2.85. The van der Waals surface area contributed by atoms with Crippen molar-refractivity contribution in [2.75, 3.05) is 0 Å². The molecule has 0 radical (unpaired) electrons. The van der Waals surface area contributed by atoms with Crippen molar-refractivity contribution in [1.82, 2.24) is 0 Å². The van der Waals surface area contributed by atoms with Crippen LogP contribution in [0.2, 0.25) is 0 Å². The third-order valence-electron chi connectivity index (χ3n) is 3.53. The smallest absolute Gasteiger partial charge is 0.294 e. The Labute approximate surface area is 127 Å². The van der Waals surface area contributed by atoms with Crippen LogP contribution in [0.15, 0.2) is 29.2 Å². The largest absolute Gasteiger partial charge is 0.374 e. The molecule has 120 valence electrons. The van der Waals surface area contributed by atoms with Gasteiger partial charge in [0.15, 0.2) is 0 Å². The van der Waals surface area contributed by atoms with Crippen LogP contribution in [0.5, 0.6) is 0 Å². The highest BCUT2D eigenvalue weighted by Crippen LogP contribution is 2.21. The molecule has 1 saturated heterocycles.